The summed E-state index contributed by atoms with van der Waals surface area (Å²) in [5.74, 6) is -0.0217. The maximum Gasteiger partial charge on any atom is 0.246 e. The van der Waals surface area contributed by atoms with Crippen LogP contribution in [0.2, 0.25) is 0 Å². The van der Waals surface area contributed by atoms with Crippen LogP contribution in [0, 0.1) is 5.82 Å². The van der Waals surface area contributed by atoms with Gasteiger partial charge in [0, 0.05) is 43.5 Å². The van der Waals surface area contributed by atoms with Crippen LogP contribution >= 0.6 is 23.1 Å². The van der Waals surface area contributed by atoms with Crippen molar-refractivity contribution in [1.82, 2.24) is 15.2 Å². The monoisotopic (exact) mass is 420 g/mol. The molecular weight excluding hydrogens is 399 g/mol. The van der Waals surface area contributed by atoms with Gasteiger partial charge in [-0.3, -0.25) is 9.59 Å². The number of thioether (sulfide) groups is 1. The Labute approximate surface area is 171 Å². The first-order valence-electron chi connectivity index (χ1n) is 9.20. The van der Waals surface area contributed by atoms with Gasteiger partial charge in [-0.2, -0.15) is 0 Å². The zero-order chi connectivity index (χ0) is 19.5. The second kappa shape index (κ2) is 8.48. The van der Waals surface area contributed by atoms with Crippen LogP contribution in [0.3, 0.4) is 0 Å². The highest BCUT2D eigenvalue weighted by Crippen LogP contribution is 2.25. The maximum absolute atomic E-state index is 13.8. The second-order valence-electron chi connectivity index (χ2n) is 6.81. The number of carbonyl (C=O) groups excluding carboxylic acids is 2. The van der Waals surface area contributed by atoms with Gasteiger partial charge in [-0.25, -0.2) is 9.37 Å². The van der Waals surface area contributed by atoms with Gasteiger partial charge in [0.15, 0.2) is 5.13 Å². The zero-order valence-corrected chi connectivity index (χ0v) is 16.8. The van der Waals surface area contributed by atoms with Crippen molar-refractivity contribution >= 4 is 40.0 Å². The molecule has 28 heavy (non-hydrogen) atoms. The summed E-state index contributed by atoms with van der Waals surface area (Å²) in [4.78, 5) is 33.6. The Morgan fingerprint density at radius 2 is 2.04 bits per heavy atom. The molecule has 0 bridgehead atoms. The van der Waals surface area contributed by atoms with E-state index in [9.17, 15) is 14.0 Å². The molecule has 2 aromatic rings. The molecule has 6 nitrogen and oxygen atoms in total. The van der Waals surface area contributed by atoms with E-state index in [1.807, 2.05) is 10.3 Å². The highest BCUT2D eigenvalue weighted by molar-refractivity contribution is 8.00. The molecular formula is C19H21FN4O2S2. The van der Waals surface area contributed by atoms with Crippen LogP contribution in [0.1, 0.15) is 5.56 Å². The summed E-state index contributed by atoms with van der Waals surface area (Å²) in [6.45, 7) is 2.72. The average Bonchev–Trinajstić information content (AvgIpc) is 3.25. The minimum atomic E-state index is -0.513. The molecule has 3 heterocycles. The van der Waals surface area contributed by atoms with E-state index >= 15 is 0 Å². The molecule has 2 amide bonds. The summed E-state index contributed by atoms with van der Waals surface area (Å²) >= 11 is 3.02. The molecule has 2 aliphatic heterocycles. The fourth-order valence-corrected chi connectivity index (χ4v) is 5.32. The van der Waals surface area contributed by atoms with E-state index in [0.29, 0.717) is 30.8 Å². The molecule has 1 N–H and O–H groups in total. The number of anilines is 1. The summed E-state index contributed by atoms with van der Waals surface area (Å²) in [7, 11) is 0. The van der Waals surface area contributed by atoms with Gasteiger partial charge in [0.2, 0.25) is 11.8 Å². The number of piperazine rings is 1. The Bertz CT molecular complexity index is 840. The number of hydrogen-bond donors (Lipinski definition) is 1. The van der Waals surface area contributed by atoms with Gasteiger partial charge < -0.3 is 15.1 Å². The third-order valence-corrected chi connectivity index (χ3v) is 7.16. The number of amides is 2. The fourth-order valence-electron chi connectivity index (χ4n) is 3.45. The smallest absolute Gasteiger partial charge is 0.246 e. The normalized spacial score (nSPS) is 22.8. The van der Waals surface area contributed by atoms with Gasteiger partial charge in [-0.1, -0.05) is 18.2 Å². The lowest BCUT2D eigenvalue weighted by atomic mass is 10.1. The standard InChI is InChI=1S/C19H21FN4O2S2/c20-14-4-2-1-3-13(14)11-16-17(25)22-15(12-28-16)18(26)23-6-8-24(9-7-23)19-21-5-10-27-19/h1-5,10,15-16H,6-9,11-12H2,(H,22,25)/t15-,16-/m1/s1. The van der Waals surface area contributed by atoms with E-state index in [0.717, 1.165) is 18.2 Å². The van der Waals surface area contributed by atoms with Crippen LogP contribution < -0.4 is 10.2 Å². The number of thiazole rings is 1. The molecule has 1 aromatic carbocycles. The van der Waals surface area contributed by atoms with Crippen molar-refractivity contribution in [2.24, 2.45) is 0 Å². The van der Waals surface area contributed by atoms with Gasteiger partial charge in [-0.15, -0.1) is 23.1 Å². The highest BCUT2D eigenvalue weighted by Gasteiger charge is 2.35. The Hall–Kier alpha value is -2.13. The first kappa shape index (κ1) is 19.2. The Morgan fingerprint density at radius 1 is 1.25 bits per heavy atom. The summed E-state index contributed by atoms with van der Waals surface area (Å²) in [6, 6.07) is 5.98. The third kappa shape index (κ3) is 4.15. The minimum Gasteiger partial charge on any atom is -0.345 e. The minimum absolute atomic E-state index is 0.0380. The van der Waals surface area contributed by atoms with Gasteiger partial charge in [0.25, 0.3) is 0 Å². The number of hydrogen-bond acceptors (Lipinski definition) is 6. The molecule has 0 saturated carbocycles. The number of halogens is 1. The van der Waals surface area contributed by atoms with Crippen molar-refractivity contribution in [2.45, 2.75) is 17.7 Å². The largest absolute Gasteiger partial charge is 0.345 e. The van der Waals surface area contributed by atoms with Crippen LogP contribution in [0.15, 0.2) is 35.8 Å². The Morgan fingerprint density at radius 3 is 2.71 bits per heavy atom. The summed E-state index contributed by atoms with van der Waals surface area (Å²) in [6.07, 6.45) is 2.11. The number of rotatable bonds is 4. The predicted molar refractivity (Wildman–Crippen MR) is 109 cm³/mol. The summed E-state index contributed by atoms with van der Waals surface area (Å²) in [5, 5.41) is 5.39. The lowest BCUT2D eigenvalue weighted by Crippen LogP contribution is -2.58. The SMILES string of the molecule is O=C1N[C@@H](C(=O)N2CCN(c3nccs3)CC2)CS[C@@H]1Cc1ccccc1F. The van der Waals surface area contributed by atoms with Crippen LogP contribution in [-0.4, -0.2) is 64.9 Å². The van der Waals surface area contributed by atoms with Crippen LogP contribution in [0.25, 0.3) is 0 Å². The number of benzene rings is 1. The first-order chi connectivity index (χ1) is 13.6. The summed E-state index contributed by atoms with van der Waals surface area (Å²) < 4.78 is 13.8. The van der Waals surface area contributed by atoms with E-state index in [1.165, 1.54) is 17.8 Å². The quantitative estimate of drug-likeness (QED) is 0.817. The first-order valence-corrected chi connectivity index (χ1v) is 11.1. The fraction of sp³-hybridized carbons (Fsp3) is 0.421. The second-order valence-corrected chi connectivity index (χ2v) is 8.91. The van der Waals surface area contributed by atoms with E-state index in [2.05, 4.69) is 15.2 Å². The van der Waals surface area contributed by atoms with Gasteiger partial charge in [0.1, 0.15) is 11.9 Å². The number of nitrogens with one attached hydrogen (secondary N) is 1. The van der Waals surface area contributed by atoms with E-state index in [-0.39, 0.29) is 22.9 Å². The number of nitrogens with zero attached hydrogens (tertiary/aromatic N) is 3. The Balaban J connectivity index is 1.30. The van der Waals surface area contributed by atoms with E-state index in [4.69, 9.17) is 0 Å². The molecule has 2 saturated heterocycles. The molecule has 0 unspecified atom stereocenters. The van der Waals surface area contributed by atoms with Crippen molar-refractivity contribution in [1.29, 1.82) is 0 Å². The molecule has 2 atom stereocenters. The lowest BCUT2D eigenvalue weighted by Gasteiger charge is -2.37. The van der Waals surface area contributed by atoms with Gasteiger partial charge in [-0.05, 0) is 18.1 Å². The van der Waals surface area contributed by atoms with Gasteiger partial charge in [0.05, 0.1) is 5.25 Å². The highest BCUT2D eigenvalue weighted by atomic mass is 32.2. The molecule has 9 heteroatoms. The van der Waals surface area contributed by atoms with Crippen LogP contribution in [0.5, 0.6) is 0 Å². The third-order valence-electron chi connectivity index (χ3n) is 5.02. The molecule has 148 valence electrons. The number of carbonyl (C=O) groups is 2. The maximum atomic E-state index is 13.8. The van der Waals surface area contributed by atoms with Crippen molar-refractivity contribution in [3.63, 3.8) is 0 Å². The van der Waals surface area contributed by atoms with Crippen LogP contribution in [-0.2, 0) is 16.0 Å². The molecule has 1 aromatic heterocycles. The molecule has 4 rings (SSSR count). The van der Waals surface area contributed by atoms with E-state index < -0.39 is 6.04 Å². The molecule has 2 fully saturated rings. The summed E-state index contributed by atoms with van der Waals surface area (Å²) in [5.41, 5.74) is 0.526. The predicted octanol–water partition coefficient (Wildman–Crippen LogP) is 1.77. The molecule has 0 spiro atoms. The van der Waals surface area contributed by atoms with Crippen molar-refractivity contribution in [2.75, 3.05) is 36.8 Å². The lowest BCUT2D eigenvalue weighted by molar-refractivity contribution is -0.136. The Kier molecular flexibility index (Phi) is 5.82. The van der Waals surface area contributed by atoms with Crippen molar-refractivity contribution in [3.8, 4) is 0 Å². The molecule has 0 radical (unpaired) electrons. The van der Waals surface area contributed by atoms with Crippen molar-refractivity contribution < 1.29 is 14.0 Å². The van der Waals surface area contributed by atoms with Crippen LogP contribution in [0.4, 0.5) is 9.52 Å². The van der Waals surface area contributed by atoms with Gasteiger partial charge >= 0.3 is 0 Å². The zero-order valence-electron chi connectivity index (χ0n) is 15.2. The number of aromatic nitrogens is 1. The van der Waals surface area contributed by atoms with E-state index in [1.54, 1.807) is 35.7 Å². The molecule has 2 aliphatic rings. The van der Waals surface area contributed by atoms with Crippen molar-refractivity contribution in [3.05, 3.63) is 47.2 Å². The molecule has 0 aliphatic carbocycles. The topological polar surface area (TPSA) is 65.5 Å². The average molecular weight is 421 g/mol.